The Hall–Kier alpha value is -0.610. The third-order valence-corrected chi connectivity index (χ3v) is 3.65. The Bertz CT molecular complexity index is 256. The van der Waals surface area contributed by atoms with E-state index in [2.05, 4.69) is 24.1 Å². The Kier molecular flexibility index (Phi) is 4.40. The minimum atomic E-state index is 0.178. The van der Waals surface area contributed by atoms with Crippen molar-refractivity contribution in [1.82, 2.24) is 10.2 Å². The van der Waals surface area contributed by atoms with Gasteiger partial charge in [0.25, 0.3) is 0 Å². The Morgan fingerprint density at radius 2 is 2.00 bits per heavy atom. The van der Waals surface area contributed by atoms with Crippen molar-refractivity contribution in [3.05, 3.63) is 0 Å². The lowest BCUT2D eigenvalue weighted by molar-refractivity contribution is -0.124. The maximum atomic E-state index is 12.0. The van der Waals surface area contributed by atoms with Gasteiger partial charge in [0.1, 0.15) is 0 Å². The second-order valence-electron chi connectivity index (χ2n) is 5.56. The molecule has 1 heterocycles. The van der Waals surface area contributed by atoms with E-state index in [1.807, 2.05) is 0 Å². The van der Waals surface area contributed by atoms with Gasteiger partial charge in [-0.2, -0.15) is 0 Å². The highest BCUT2D eigenvalue weighted by Gasteiger charge is 2.34. The summed E-state index contributed by atoms with van der Waals surface area (Å²) >= 11 is 0. The molecule has 0 aromatic rings. The molecule has 1 amide bonds. The molecule has 17 heavy (non-hydrogen) atoms. The van der Waals surface area contributed by atoms with Crippen molar-refractivity contribution in [2.24, 2.45) is 11.8 Å². The van der Waals surface area contributed by atoms with E-state index in [-0.39, 0.29) is 5.91 Å². The number of nitrogens with one attached hydrogen (secondary N) is 1. The van der Waals surface area contributed by atoms with Gasteiger partial charge in [-0.05, 0) is 24.7 Å². The largest absolute Gasteiger partial charge is 0.379 e. The van der Waals surface area contributed by atoms with Gasteiger partial charge in [-0.3, -0.25) is 9.69 Å². The van der Waals surface area contributed by atoms with E-state index in [0.29, 0.717) is 18.5 Å². The van der Waals surface area contributed by atoms with Crippen LogP contribution in [0.2, 0.25) is 0 Å². The normalized spacial score (nSPS) is 23.7. The Morgan fingerprint density at radius 3 is 2.53 bits per heavy atom. The summed E-state index contributed by atoms with van der Waals surface area (Å²) in [4.78, 5) is 14.1. The van der Waals surface area contributed by atoms with Gasteiger partial charge in [-0.25, -0.2) is 0 Å². The first-order valence-electron chi connectivity index (χ1n) is 6.76. The smallest absolute Gasteiger partial charge is 0.234 e. The predicted octanol–water partition coefficient (Wildman–Crippen LogP) is 0.869. The number of amides is 1. The monoisotopic (exact) mass is 240 g/mol. The summed E-state index contributed by atoms with van der Waals surface area (Å²) in [6.45, 7) is 8.18. The average molecular weight is 240 g/mol. The van der Waals surface area contributed by atoms with E-state index >= 15 is 0 Å². The molecule has 0 aromatic carbocycles. The topological polar surface area (TPSA) is 41.6 Å². The van der Waals surface area contributed by atoms with Crippen LogP contribution in [0.5, 0.6) is 0 Å². The summed E-state index contributed by atoms with van der Waals surface area (Å²) in [6.07, 6.45) is 2.56. The number of carbonyl (C=O) groups excluding carboxylic acids is 1. The van der Waals surface area contributed by atoms with Crippen molar-refractivity contribution in [3.63, 3.8) is 0 Å². The van der Waals surface area contributed by atoms with E-state index in [4.69, 9.17) is 4.74 Å². The molecule has 1 aliphatic heterocycles. The van der Waals surface area contributed by atoms with Gasteiger partial charge in [0.05, 0.1) is 19.8 Å². The van der Waals surface area contributed by atoms with E-state index in [0.717, 1.165) is 32.2 Å². The minimum Gasteiger partial charge on any atom is -0.379 e. The Labute approximate surface area is 104 Å². The van der Waals surface area contributed by atoms with Gasteiger partial charge in [0, 0.05) is 19.1 Å². The summed E-state index contributed by atoms with van der Waals surface area (Å²) in [5.41, 5.74) is 0. The number of hydrogen-bond acceptors (Lipinski definition) is 3. The molecule has 2 aliphatic rings. The van der Waals surface area contributed by atoms with Gasteiger partial charge < -0.3 is 10.1 Å². The van der Waals surface area contributed by atoms with Crippen molar-refractivity contribution in [2.75, 3.05) is 32.8 Å². The van der Waals surface area contributed by atoms with Crippen molar-refractivity contribution >= 4 is 5.91 Å². The van der Waals surface area contributed by atoms with Crippen LogP contribution in [-0.2, 0) is 9.53 Å². The first kappa shape index (κ1) is 12.8. The van der Waals surface area contributed by atoms with Crippen LogP contribution >= 0.6 is 0 Å². The zero-order valence-corrected chi connectivity index (χ0v) is 10.9. The van der Waals surface area contributed by atoms with Crippen LogP contribution in [0.3, 0.4) is 0 Å². The standard InChI is InChI=1S/C13H24N2O2/c1-10(2)13(11-3-4-11)14-12(16)9-15-5-7-17-8-6-15/h10-11,13H,3-9H2,1-2H3,(H,14,16). The first-order valence-corrected chi connectivity index (χ1v) is 6.76. The van der Waals surface area contributed by atoms with E-state index in [1.54, 1.807) is 0 Å². The Balaban J connectivity index is 1.74. The van der Waals surface area contributed by atoms with Gasteiger partial charge in [0.15, 0.2) is 0 Å². The molecule has 1 saturated heterocycles. The molecule has 98 valence electrons. The van der Waals surface area contributed by atoms with Crippen LogP contribution in [0.1, 0.15) is 26.7 Å². The molecule has 1 saturated carbocycles. The number of hydrogen-bond donors (Lipinski definition) is 1. The molecule has 0 radical (unpaired) electrons. The average Bonchev–Trinajstić information content (AvgIpc) is 3.11. The predicted molar refractivity (Wildman–Crippen MR) is 66.8 cm³/mol. The summed E-state index contributed by atoms with van der Waals surface area (Å²) in [5, 5.41) is 3.20. The van der Waals surface area contributed by atoms with Gasteiger partial charge in [-0.15, -0.1) is 0 Å². The maximum absolute atomic E-state index is 12.0. The number of nitrogens with zero attached hydrogens (tertiary/aromatic N) is 1. The zero-order chi connectivity index (χ0) is 12.3. The summed E-state index contributed by atoms with van der Waals surface area (Å²) in [6, 6.07) is 0.378. The summed E-state index contributed by atoms with van der Waals surface area (Å²) in [7, 11) is 0. The molecule has 4 nitrogen and oxygen atoms in total. The van der Waals surface area contributed by atoms with Gasteiger partial charge >= 0.3 is 0 Å². The highest BCUT2D eigenvalue weighted by molar-refractivity contribution is 5.78. The molecular weight excluding hydrogens is 216 g/mol. The fourth-order valence-electron chi connectivity index (χ4n) is 2.48. The van der Waals surface area contributed by atoms with Crippen LogP contribution in [0, 0.1) is 11.8 Å². The second-order valence-corrected chi connectivity index (χ2v) is 5.56. The molecule has 0 bridgehead atoms. The van der Waals surface area contributed by atoms with Crippen LogP contribution in [0.15, 0.2) is 0 Å². The number of carbonyl (C=O) groups is 1. The zero-order valence-electron chi connectivity index (χ0n) is 10.9. The number of rotatable bonds is 5. The first-order chi connectivity index (χ1) is 8.16. The lowest BCUT2D eigenvalue weighted by atomic mass is 9.99. The number of ether oxygens (including phenoxy) is 1. The summed E-state index contributed by atoms with van der Waals surface area (Å²) < 4.78 is 5.28. The van der Waals surface area contributed by atoms with Crippen LogP contribution in [0.4, 0.5) is 0 Å². The molecular formula is C13H24N2O2. The molecule has 0 aromatic heterocycles. The van der Waals surface area contributed by atoms with Gasteiger partial charge in [0.2, 0.25) is 5.91 Å². The molecule has 2 rings (SSSR count). The van der Waals surface area contributed by atoms with E-state index in [9.17, 15) is 4.79 Å². The van der Waals surface area contributed by atoms with Crippen molar-refractivity contribution in [1.29, 1.82) is 0 Å². The maximum Gasteiger partial charge on any atom is 0.234 e. The Morgan fingerprint density at radius 1 is 1.35 bits per heavy atom. The fraction of sp³-hybridized carbons (Fsp3) is 0.923. The molecule has 1 aliphatic carbocycles. The highest BCUT2D eigenvalue weighted by Crippen LogP contribution is 2.35. The molecule has 2 fully saturated rings. The third-order valence-electron chi connectivity index (χ3n) is 3.65. The fourth-order valence-corrected chi connectivity index (χ4v) is 2.48. The third kappa shape index (κ3) is 3.96. The molecule has 1 atom stereocenters. The minimum absolute atomic E-state index is 0.178. The van der Waals surface area contributed by atoms with E-state index in [1.165, 1.54) is 12.8 Å². The molecule has 1 N–H and O–H groups in total. The lowest BCUT2D eigenvalue weighted by Gasteiger charge is -2.28. The van der Waals surface area contributed by atoms with Crippen LogP contribution in [-0.4, -0.2) is 49.7 Å². The molecule has 1 unspecified atom stereocenters. The SMILES string of the molecule is CC(C)C(NC(=O)CN1CCOCC1)C1CC1. The summed E-state index contributed by atoms with van der Waals surface area (Å²) in [5.74, 6) is 1.44. The van der Waals surface area contributed by atoms with E-state index < -0.39 is 0 Å². The quantitative estimate of drug-likeness (QED) is 0.775. The molecule has 4 heteroatoms. The highest BCUT2D eigenvalue weighted by atomic mass is 16.5. The van der Waals surface area contributed by atoms with Crippen molar-refractivity contribution in [2.45, 2.75) is 32.7 Å². The van der Waals surface area contributed by atoms with Crippen LogP contribution < -0.4 is 5.32 Å². The number of morpholine rings is 1. The van der Waals surface area contributed by atoms with Gasteiger partial charge in [-0.1, -0.05) is 13.8 Å². The van der Waals surface area contributed by atoms with Crippen molar-refractivity contribution < 1.29 is 9.53 Å². The van der Waals surface area contributed by atoms with Crippen molar-refractivity contribution in [3.8, 4) is 0 Å². The molecule has 0 spiro atoms. The lowest BCUT2D eigenvalue weighted by Crippen LogP contribution is -2.47. The second kappa shape index (κ2) is 5.83. The van der Waals surface area contributed by atoms with Crippen LogP contribution in [0.25, 0.3) is 0 Å².